The van der Waals surface area contributed by atoms with E-state index in [4.69, 9.17) is 0 Å². The fourth-order valence-corrected chi connectivity index (χ4v) is 6.36. The van der Waals surface area contributed by atoms with E-state index in [1.165, 1.54) is 31.4 Å². The summed E-state index contributed by atoms with van der Waals surface area (Å²) in [6.45, 7) is 4.49. The predicted molar refractivity (Wildman–Crippen MR) is 123 cm³/mol. The number of urea groups is 1. The number of likely N-dealkylation sites (tertiary alicyclic amines) is 1. The molecule has 0 spiro atoms. The molecule has 30 heavy (non-hydrogen) atoms. The summed E-state index contributed by atoms with van der Waals surface area (Å²) in [5.41, 5.74) is 2.19. The molecule has 0 saturated carbocycles. The first-order chi connectivity index (χ1) is 14.6. The van der Waals surface area contributed by atoms with Gasteiger partial charge in [0.15, 0.2) is 0 Å². The van der Waals surface area contributed by atoms with E-state index >= 15 is 0 Å². The maximum atomic E-state index is 12.3. The first kappa shape index (κ1) is 21.5. The predicted octanol–water partition coefficient (Wildman–Crippen LogP) is 3.73. The summed E-state index contributed by atoms with van der Waals surface area (Å²) in [5, 5.41) is 9.49. The largest absolute Gasteiger partial charge is 0.332 e. The van der Waals surface area contributed by atoms with Gasteiger partial charge in [-0.1, -0.05) is 25.0 Å². The Morgan fingerprint density at radius 2 is 2.03 bits per heavy atom. The van der Waals surface area contributed by atoms with Gasteiger partial charge in [0.2, 0.25) is 5.91 Å². The van der Waals surface area contributed by atoms with Crippen molar-refractivity contribution in [1.29, 1.82) is 0 Å². The van der Waals surface area contributed by atoms with Crippen LogP contribution >= 0.6 is 11.8 Å². The number of nitrogens with zero attached hydrogens (tertiary/aromatic N) is 1. The van der Waals surface area contributed by atoms with Crippen molar-refractivity contribution in [2.24, 2.45) is 0 Å². The summed E-state index contributed by atoms with van der Waals surface area (Å²) in [4.78, 5) is 26.3. The second-order valence-electron chi connectivity index (χ2n) is 8.93. The molecule has 3 saturated heterocycles. The molecule has 3 heterocycles. The van der Waals surface area contributed by atoms with Crippen LogP contribution in [0, 0.1) is 0 Å². The van der Waals surface area contributed by atoms with E-state index < -0.39 is 0 Å². The molecule has 1 aromatic carbocycles. The lowest BCUT2D eigenvalue weighted by atomic mass is 10.0. The van der Waals surface area contributed by atoms with Crippen LogP contribution in [0.25, 0.3) is 0 Å². The Kier molecular flexibility index (Phi) is 7.20. The molecule has 0 aliphatic carbocycles. The fraction of sp³-hybridized carbons (Fsp3) is 0.652. The van der Waals surface area contributed by atoms with E-state index in [0.29, 0.717) is 17.7 Å². The van der Waals surface area contributed by atoms with Gasteiger partial charge in [0, 0.05) is 35.7 Å². The zero-order valence-corrected chi connectivity index (χ0v) is 18.7. The van der Waals surface area contributed by atoms with Crippen molar-refractivity contribution in [2.75, 3.05) is 17.6 Å². The topological polar surface area (TPSA) is 73.5 Å². The minimum atomic E-state index is -0.0360. The quantitative estimate of drug-likeness (QED) is 0.434. The molecule has 0 aromatic heterocycles. The van der Waals surface area contributed by atoms with Gasteiger partial charge in [0.1, 0.15) is 0 Å². The summed E-state index contributed by atoms with van der Waals surface area (Å²) >= 11 is 1.93. The van der Waals surface area contributed by atoms with Crippen molar-refractivity contribution in [2.45, 2.75) is 81.8 Å². The molecule has 3 N–H and O–H groups in total. The second-order valence-corrected chi connectivity index (χ2v) is 10.2. The van der Waals surface area contributed by atoms with Gasteiger partial charge in [0.25, 0.3) is 0 Å². The van der Waals surface area contributed by atoms with E-state index in [2.05, 4.69) is 39.9 Å². The molecule has 3 aliphatic heterocycles. The number of carbonyl (C=O) groups excluding carboxylic acids is 2. The minimum Gasteiger partial charge on any atom is -0.332 e. The molecule has 6 nitrogen and oxygen atoms in total. The van der Waals surface area contributed by atoms with Crippen molar-refractivity contribution >= 4 is 29.4 Å². The first-order valence-corrected chi connectivity index (χ1v) is 12.4. The Labute approximate surface area is 183 Å². The Morgan fingerprint density at radius 1 is 1.20 bits per heavy atom. The third-order valence-corrected chi connectivity index (χ3v) is 8.15. The number of hydrogen-bond donors (Lipinski definition) is 3. The number of piperidine rings is 1. The van der Waals surface area contributed by atoms with Crippen LogP contribution in [0.15, 0.2) is 24.3 Å². The Bertz CT molecular complexity index is 741. The van der Waals surface area contributed by atoms with Gasteiger partial charge in [-0.05, 0) is 56.8 Å². The lowest BCUT2D eigenvalue weighted by Gasteiger charge is -2.33. The van der Waals surface area contributed by atoms with Crippen molar-refractivity contribution in [1.82, 2.24) is 15.5 Å². The van der Waals surface area contributed by atoms with Crippen LogP contribution in [0.3, 0.4) is 0 Å². The highest BCUT2D eigenvalue weighted by Gasteiger charge is 2.42. The summed E-state index contributed by atoms with van der Waals surface area (Å²) in [6, 6.07) is 9.46. The molecule has 3 aliphatic rings. The van der Waals surface area contributed by atoms with Crippen molar-refractivity contribution in [3.63, 3.8) is 0 Å². The van der Waals surface area contributed by atoms with Gasteiger partial charge >= 0.3 is 6.03 Å². The van der Waals surface area contributed by atoms with Crippen molar-refractivity contribution < 1.29 is 9.59 Å². The minimum absolute atomic E-state index is 0.0360. The molecule has 0 unspecified atom stereocenters. The highest BCUT2D eigenvalue weighted by Crippen LogP contribution is 2.33. The molecule has 4 rings (SSSR count). The normalized spacial score (nSPS) is 28.6. The maximum absolute atomic E-state index is 12.3. The van der Waals surface area contributed by atoms with Crippen molar-refractivity contribution in [3.05, 3.63) is 29.8 Å². The average Bonchev–Trinajstić information content (AvgIpc) is 3.28. The van der Waals surface area contributed by atoms with E-state index in [9.17, 15) is 9.59 Å². The van der Waals surface area contributed by atoms with E-state index in [1.54, 1.807) is 0 Å². The summed E-state index contributed by atoms with van der Waals surface area (Å²) in [7, 11) is 0. The number of hydrogen-bond acceptors (Lipinski definition) is 4. The maximum Gasteiger partial charge on any atom is 0.315 e. The average molecular weight is 431 g/mol. The van der Waals surface area contributed by atoms with Crippen LogP contribution in [-0.2, 0) is 11.3 Å². The van der Waals surface area contributed by atoms with E-state index in [0.717, 1.165) is 37.2 Å². The summed E-state index contributed by atoms with van der Waals surface area (Å²) < 4.78 is 0. The van der Waals surface area contributed by atoms with Crippen LogP contribution < -0.4 is 16.0 Å². The molecule has 7 heteroatoms. The molecule has 3 amide bonds. The van der Waals surface area contributed by atoms with Crippen LogP contribution in [0.4, 0.5) is 10.5 Å². The molecule has 4 atom stereocenters. The molecule has 1 aromatic rings. The SMILES string of the molecule is C[C@H]1CCCCN1Cc1ccc(NC(=O)CCCC[C@@H]2SC[C@@H]3NC(=O)N[C@@H]32)cc1. The van der Waals surface area contributed by atoms with Crippen LogP contribution in [-0.4, -0.2) is 52.5 Å². The van der Waals surface area contributed by atoms with Crippen LogP contribution in [0.2, 0.25) is 0 Å². The number of amides is 3. The third-order valence-electron chi connectivity index (χ3n) is 6.64. The highest BCUT2D eigenvalue weighted by molar-refractivity contribution is 8.00. The first-order valence-electron chi connectivity index (χ1n) is 11.4. The number of thioether (sulfide) groups is 1. The third kappa shape index (κ3) is 5.49. The van der Waals surface area contributed by atoms with Gasteiger partial charge in [0.05, 0.1) is 12.1 Å². The molecule has 0 bridgehead atoms. The zero-order chi connectivity index (χ0) is 20.9. The molecular weight excluding hydrogens is 396 g/mol. The number of fused-ring (bicyclic) bond motifs is 1. The standard InChI is InChI=1S/C23H34N4O2S/c1-16-6-4-5-13-27(16)14-17-9-11-18(12-10-17)24-21(28)8-3-2-7-20-22-19(15-30-20)25-23(29)26-22/h9-12,16,19-20,22H,2-8,13-15H2,1H3,(H,24,28)(H2,25,26,29)/t16-,19-,20-,22-/m0/s1. The van der Waals surface area contributed by atoms with Gasteiger partial charge in [-0.3, -0.25) is 9.69 Å². The smallest absolute Gasteiger partial charge is 0.315 e. The Hall–Kier alpha value is -1.73. The van der Waals surface area contributed by atoms with Crippen LogP contribution in [0.1, 0.15) is 57.4 Å². The lowest BCUT2D eigenvalue weighted by Crippen LogP contribution is -2.36. The van der Waals surface area contributed by atoms with E-state index in [-0.39, 0.29) is 24.0 Å². The van der Waals surface area contributed by atoms with Crippen LogP contribution in [0.5, 0.6) is 0 Å². The Morgan fingerprint density at radius 3 is 2.83 bits per heavy atom. The molecule has 0 radical (unpaired) electrons. The summed E-state index contributed by atoms with van der Waals surface area (Å²) in [5.74, 6) is 1.07. The van der Waals surface area contributed by atoms with Gasteiger partial charge in [-0.2, -0.15) is 11.8 Å². The number of anilines is 1. The number of benzene rings is 1. The summed E-state index contributed by atoms with van der Waals surface area (Å²) in [6.07, 6.45) is 7.42. The fourth-order valence-electron chi connectivity index (χ4n) is 4.82. The second kappa shape index (κ2) is 10.1. The van der Waals surface area contributed by atoms with E-state index in [1.807, 2.05) is 23.9 Å². The Balaban J connectivity index is 1.14. The number of carbonyl (C=O) groups is 2. The number of nitrogens with one attached hydrogen (secondary N) is 3. The lowest BCUT2D eigenvalue weighted by molar-refractivity contribution is -0.116. The van der Waals surface area contributed by atoms with Gasteiger partial charge in [-0.25, -0.2) is 4.79 Å². The van der Waals surface area contributed by atoms with Gasteiger partial charge in [-0.15, -0.1) is 0 Å². The number of unbranched alkanes of at least 4 members (excludes halogenated alkanes) is 1. The molecule has 3 fully saturated rings. The number of rotatable bonds is 8. The molecule has 164 valence electrons. The monoisotopic (exact) mass is 430 g/mol. The highest BCUT2D eigenvalue weighted by atomic mass is 32.2. The van der Waals surface area contributed by atoms with Gasteiger partial charge < -0.3 is 16.0 Å². The molecular formula is C23H34N4O2S. The van der Waals surface area contributed by atoms with Crippen molar-refractivity contribution in [3.8, 4) is 0 Å². The zero-order valence-electron chi connectivity index (χ0n) is 17.9.